The molecule has 3 heteroatoms. The predicted octanol–water partition coefficient (Wildman–Crippen LogP) is 5.17. The molecule has 2 aromatic carbocycles. The largest absolute Gasteiger partial charge is 0.481 e. The minimum absolute atomic E-state index is 0.0855. The van der Waals surface area contributed by atoms with E-state index in [9.17, 15) is 4.79 Å². The second-order valence-corrected chi connectivity index (χ2v) is 6.16. The fourth-order valence-corrected chi connectivity index (χ4v) is 2.90. The summed E-state index contributed by atoms with van der Waals surface area (Å²) in [6.07, 6.45) is 2.89. The molecular formula is C22H29NO2. The van der Waals surface area contributed by atoms with E-state index in [1.54, 1.807) is 0 Å². The second kappa shape index (κ2) is 9.26. The van der Waals surface area contributed by atoms with Gasteiger partial charge >= 0.3 is 0 Å². The first kappa shape index (κ1) is 19.0. The average Bonchev–Trinajstić information content (AvgIpc) is 2.66. The first-order chi connectivity index (χ1) is 12.1. The topological polar surface area (TPSA) is 38.3 Å². The van der Waals surface area contributed by atoms with Crippen LogP contribution in [0.1, 0.15) is 50.8 Å². The molecule has 0 bridgehead atoms. The van der Waals surface area contributed by atoms with E-state index in [1.807, 2.05) is 31.2 Å². The number of ether oxygens (including phenoxy) is 1. The van der Waals surface area contributed by atoms with Crippen LogP contribution in [-0.4, -0.2) is 12.0 Å². The summed E-state index contributed by atoms with van der Waals surface area (Å²) in [5.74, 6) is 0.649. The molecule has 0 fully saturated rings. The maximum Gasteiger partial charge on any atom is 0.265 e. The Labute approximate surface area is 151 Å². The van der Waals surface area contributed by atoms with Crippen LogP contribution < -0.4 is 10.1 Å². The molecule has 0 radical (unpaired) electrons. The zero-order valence-electron chi connectivity index (χ0n) is 15.8. The van der Waals surface area contributed by atoms with E-state index >= 15 is 0 Å². The van der Waals surface area contributed by atoms with Gasteiger partial charge in [-0.2, -0.15) is 0 Å². The van der Waals surface area contributed by atoms with Crippen molar-refractivity contribution in [1.29, 1.82) is 0 Å². The molecule has 3 nitrogen and oxygen atoms in total. The molecule has 0 aliphatic rings. The Hall–Kier alpha value is -2.29. The first-order valence-electron chi connectivity index (χ1n) is 9.30. The zero-order chi connectivity index (χ0) is 18.2. The standard InChI is InChI=1S/C22H29NO2/c1-5-16-12-14-19(15-13-16)25-20(8-4)22(24)23-21-17(6-2)10-9-11-18(21)7-3/h9-15,20H,5-8H2,1-4H3,(H,23,24)/t20-/m1/s1. The van der Waals surface area contributed by atoms with Gasteiger partial charge in [0.1, 0.15) is 5.75 Å². The lowest BCUT2D eigenvalue weighted by Crippen LogP contribution is -2.33. The highest BCUT2D eigenvalue weighted by molar-refractivity contribution is 5.95. The number of aryl methyl sites for hydroxylation is 3. The van der Waals surface area contributed by atoms with Crippen molar-refractivity contribution in [3.63, 3.8) is 0 Å². The smallest absolute Gasteiger partial charge is 0.265 e. The summed E-state index contributed by atoms with van der Waals surface area (Å²) in [5.41, 5.74) is 4.53. The second-order valence-electron chi connectivity index (χ2n) is 6.16. The summed E-state index contributed by atoms with van der Waals surface area (Å²) in [6, 6.07) is 14.2. The number of anilines is 1. The molecule has 0 aliphatic carbocycles. The van der Waals surface area contributed by atoms with Crippen LogP contribution in [0.5, 0.6) is 5.75 Å². The zero-order valence-corrected chi connectivity index (χ0v) is 15.8. The van der Waals surface area contributed by atoms with Crippen LogP contribution in [0.2, 0.25) is 0 Å². The molecule has 0 unspecified atom stereocenters. The monoisotopic (exact) mass is 339 g/mol. The van der Waals surface area contributed by atoms with Crippen molar-refractivity contribution in [3.05, 3.63) is 59.2 Å². The molecule has 0 saturated heterocycles. The van der Waals surface area contributed by atoms with Gasteiger partial charge in [0.15, 0.2) is 6.10 Å². The number of amides is 1. The van der Waals surface area contributed by atoms with E-state index in [0.717, 1.165) is 41.8 Å². The van der Waals surface area contributed by atoms with Crippen molar-refractivity contribution in [2.75, 3.05) is 5.32 Å². The number of hydrogen-bond donors (Lipinski definition) is 1. The molecule has 1 amide bonds. The lowest BCUT2D eigenvalue weighted by atomic mass is 10.0. The van der Waals surface area contributed by atoms with Gasteiger partial charge in [0.2, 0.25) is 0 Å². The third-order valence-electron chi connectivity index (χ3n) is 4.52. The summed E-state index contributed by atoms with van der Waals surface area (Å²) >= 11 is 0. The molecule has 0 spiro atoms. The summed E-state index contributed by atoms with van der Waals surface area (Å²) in [4.78, 5) is 12.8. The Kier molecular flexibility index (Phi) is 7.05. The van der Waals surface area contributed by atoms with Gasteiger partial charge in [-0.25, -0.2) is 0 Å². The quantitative estimate of drug-likeness (QED) is 0.720. The molecule has 25 heavy (non-hydrogen) atoms. The molecule has 0 saturated carbocycles. The number of carbonyl (C=O) groups excluding carboxylic acids is 1. The van der Waals surface area contributed by atoms with Crippen LogP contribution in [0.4, 0.5) is 5.69 Å². The molecular weight excluding hydrogens is 310 g/mol. The Morgan fingerprint density at radius 3 is 2.00 bits per heavy atom. The molecule has 0 heterocycles. The van der Waals surface area contributed by atoms with Crippen LogP contribution in [-0.2, 0) is 24.1 Å². The van der Waals surface area contributed by atoms with Crippen molar-refractivity contribution in [3.8, 4) is 5.75 Å². The van der Waals surface area contributed by atoms with Crippen LogP contribution in [0.3, 0.4) is 0 Å². The third kappa shape index (κ3) is 4.85. The van der Waals surface area contributed by atoms with Crippen molar-refractivity contribution >= 4 is 11.6 Å². The Morgan fingerprint density at radius 1 is 0.920 bits per heavy atom. The molecule has 2 aromatic rings. The summed E-state index contributed by atoms with van der Waals surface area (Å²) in [5, 5.41) is 3.11. The number of nitrogens with one attached hydrogen (secondary N) is 1. The van der Waals surface area contributed by atoms with Gasteiger partial charge in [-0.1, -0.05) is 58.0 Å². The Bertz CT molecular complexity index is 669. The molecule has 0 aromatic heterocycles. The maximum absolute atomic E-state index is 12.8. The lowest BCUT2D eigenvalue weighted by Gasteiger charge is -2.20. The molecule has 0 aliphatic heterocycles. The minimum Gasteiger partial charge on any atom is -0.481 e. The predicted molar refractivity (Wildman–Crippen MR) is 104 cm³/mol. The number of hydrogen-bond acceptors (Lipinski definition) is 2. The highest BCUT2D eigenvalue weighted by atomic mass is 16.5. The van der Waals surface area contributed by atoms with Crippen LogP contribution in [0.15, 0.2) is 42.5 Å². The first-order valence-corrected chi connectivity index (χ1v) is 9.30. The van der Waals surface area contributed by atoms with E-state index in [0.29, 0.717) is 6.42 Å². The minimum atomic E-state index is -0.498. The van der Waals surface area contributed by atoms with Gasteiger partial charge in [-0.05, 0) is 54.5 Å². The number of carbonyl (C=O) groups is 1. The van der Waals surface area contributed by atoms with E-state index < -0.39 is 6.10 Å². The van der Waals surface area contributed by atoms with Gasteiger partial charge in [0.05, 0.1) is 0 Å². The molecule has 2 rings (SSSR count). The van der Waals surface area contributed by atoms with Crippen LogP contribution in [0, 0.1) is 0 Å². The highest BCUT2D eigenvalue weighted by Crippen LogP contribution is 2.24. The van der Waals surface area contributed by atoms with Gasteiger partial charge in [0.25, 0.3) is 5.91 Å². The summed E-state index contributed by atoms with van der Waals surface area (Å²) < 4.78 is 5.93. The van der Waals surface area contributed by atoms with E-state index in [1.165, 1.54) is 5.56 Å². The van der Waals surface area contributed by atoms with Crippen LogP contribution in [0.25, 0.3) is 0 Å². The SMILES string of the molecule is CCc1ccc(O[C@H](CC)C(=O)Nc2c(CC)cccc2CC)cc1. The number of benzene rings is 2. The van der Waals surface area contributed by atoms with Crippen molar-refractivity contribution in [1.82, 2.24) is 0 Å². The normalized spacial score (nSPS) is 11.8. The average molecular weight is 339 g/mol. The van der Waals surface area contributed by atoms with Gasteiger partial charge in [0, 0.05) is 5.69 Å². The molecule has 134 valence electrons. The van der Waals surface area contributed by atoms with E-state index in [-0.39, 0.29) is 5.91 Å². The van der Waals surface area contributed by atoms with E-state index in [4.69, 9.17) is 4.74 Å². The highest BCUT2D eigenvalue weighted by Gasteiger charge is 2.20. The fourth-order valence-electron chi connectivity index (χ4n) is 2.90. The van der Waals surface area contributed by atoms with Gasteiger partial charge in [-0.3, -0.25) is 4.79 Å². The van der Waals surface area contributed by atoms with Crippen LogP contribution >= 0.6 is 0 Å². The van der Waals surface area contributed by atoms with E-state index in [2.05, 4.69) is 44.3 Å². The summed E-state index contributed by atoms with van der Waals surface area (Å²) in [6.45, 7) is 8.30. The Morgan fingerprint density at radius 2 is 1.52 bits per heavy atom. The fraction of sp³-hybridized carbons (Fsp3) is 0.409. The van der Waals surface area contributed by atoms with Crippen molar-refractivity contribution < 1.29 is 9.53 Å². The molecule has 1 atom stereocenters. The Balaban J connectivity index is 2.14. The van der Waals surface area contributed by atoms with Gasteiger partial charge < -0.3 is 10.1 Å². The van der Waals surface area contributed by atoms with Gasteiger partial charge in [-0.15, -0.1) is 0 Å². The van der Waals surface area contributed by atoms with Crippen molar-refractivity contribution in [2.45, 2.75) is 59.5 Å². The molecule has 1 N–H and O–H groups in total. The number of para-hydroxylation sites is 1. The maximum atomic E-state index is 12.8. The third-order valence-corrected chi connectivity index (χ3v) is 4.52. The summed E-state index contributed by atoms with van der Waals surface area (Å²) in [7, 11) is 0. The lowest BCUT2D eigenvalue weighted by molar-refractivity contribution is -0.122. The number of rotatable bonds is 8. The van der Waals surface area contributed by atoms with Crippen molar-refractivity contribution in [2.24, 2.45) is 0 Å².